The summed E-state index contributed by atoms with van der Waals surface area (Å²) < 4.78 is 8.69. The van der Waals surface area contributed by atoms with Crippen molar-refractivity contribution in [1.29, 1.82) is 0 Å². The summed E-state index contributed by atoms with van der Waals surface area (Å²) in [6, 6.07) is 87.8. The molecular weight excluding hydrogens is 789 g/mol. The Kier molecular flexibility index (Phi) is 8.53. The Morgan fingerprint density at radius 1 is 0.308 bits per heavy atom. The van der Waals surface area contributed by atoms with Crippen molar-refractivity contribution < 1.29 is 4.42 Å². The van der Waals surface area contributed by atoms with Crippen LogP contribution < -0.4 is 4.90 Å². The van der Waals surface area contributed by atoms with Crippen LogP contribution >= 0.6 is 0 Å². The van der Waals surface area contributed by atoms with Crippen LogP contribution in [0.5, 0.6) is 0 Å². The van der Waals surface area contributed by atoms with E-state index >= 15 is 0 Å². The second-order valence-corrected chi connectivity index (χ2v) is 16.9. The Morgan fingerprint density at radius 3 is 1.60 bits per heavy atom. The summed E-state index contributed by atoms with van der Waals surface area (Å²) in [5, 5.41) is 9.72. The van der Waals surface area contributed by atoms with Crippen LogP contribution in [-0.2, 0) is 0 Å². The second kappa shape index (κ2) is 15.0. The molecule has 0 fully saturated rings. The Morgan fingerprint density at radius 2 is 0.846 bits per heavy atom. The van der Waals surface area contributed by atoms with Crippen LogP contribution in [0.3, 0.4) is 0 Å². The average Bonchev–Trinajstić information content (AvgIpc) is 3.93. The highest BCUT2D eigenvalue weighted by molar-refractivity contribution is 6.13. The number of aromatic nitrogens is 1. The number of anilines is 3. The fraction of sp³-hybridized carbons (Fsp3) is 0. The monoisotopic (exact) mass is 828 g/mol. The molecule has 13 aromatic rings. The van der Waals surface area contributed by atoms with Crippen molar-refractivity contribution in [2.24, 2.45) is 0 Å². The zero-order chi connectivity index (χ0) is 42.8. The van der Waals surface area contributed by atoms with Crippen molar-refractivity contribution in [3.05, 3.63) is 243 Å². The van der Waals surface area contributed by atoms with E-state index in [0.717, 1.165) is 61.4 Å². The second-order valence-electron chi connectivity index (χ2n) is 16.9. The fourth-order valence-corrected chi connectivity index (χ4v) is 10.1. The Bertz CT molecular complexity index is 3900. The Balaban J connectivity index is 0.884. The molecule has 0 radical (unpaired) electrons. The molecule has 0 aliphatic heterocycles. The number of rotatable bonds is 7. The highest BCUT2D eigenvalue weighted by atomic mass is 16.3. The highest BCUT2D eigenvalue weighted by Crippen LogP contribution is 2.43. The van der Waals surface area contributed by atoms with Crippen LogP contribution in [0.25, 0.3) is 104 Å². The fourth-order valence-electron chi connectivity index (χ4n) is 10.1. The van der Waals surface area contributed by atoms with Crippen LogP contribution in [0.2, 0.25) is 0 Å². The van der Waals surface area contributed by atoms with Gasteiger partial charge in [0.1, 0.15) is 11.2 Å². The molecule has 0 aliphatic carbocycles. The molecule has 3 heteroatoms. The van der Waals surface area contributed by atoms with E-state index in [1.54, 1.807) is 0 Å². The minimum absolute atomic E-state index is 0.892. The lowest BCUT2D eigenvalue weighted by atomic mass is 9.97. The van der Waals surface area contributed by atoms with E-state index in [4.69, 9.17) is 4.42 Å². The SMILES string of the molecule is c1cc(-c2ccc(N(c3cccc(-c4cccc5oc6ccccc6c45)c3)c3ccc4ccc5ccccc5c4c3)cc2)cc(-c2ccc(-n3c4ccccc4c4ccccc43)cc2)c1. The number of fused-ring (bicyclic) bond motifs is 9. The van der Waals surface area contributed by atoms with Crippen molar-refractivity contribution in [2.75, 3.05) is 4.90 Å². The van der Waals surface area contributed by atoms with Gasteiger partial charge < -0.3 is 13.9 Å². The maximum Gasteiger partial charge on any atom is 0.136 e. The summed E-state index contributed by atoms with van der Waals surface area (Å²) in [4.78, 5) is 2.39. The Labute approximate surface area is 376 Å². The van der Waals surface area contributed by atoms with Crippen molar-refractivity contribution in [2.45, 2.75) is 0 Å². The van der Waals surface area contributed by atoms with Gasteiger partial charge in [-0.05, 0) is 134 Å². The molecule has 0 saturated carbocycles. The lowest BCUT2D eigenvalue weighted by Gasteiger charge is -2.27. The van der Waals surface area contributed by atoms with E-state index in [0.29, 0.717) is 0 Å². The smallest absolute Gasteiger partial charge is 0.136 e. The number of nitrogens with zero attached hydrogens (tertiary/aromatic N) is 2. The topological polar surface area (TPSA) is 21.3 Å². The van der Waals surface area contributed by atoms with Gasteiger partial charge in [0, 0.05) is 44.3 Å². The molecule has 304 valence electrons. The van der Waals surface area contributed by atoms with E-state index in [1.807, 2.05) is 12.1 Å². The van der Waals surface area contributed by atoms with Crippen molar-refractivity contribution in [3.63, 3.8) is 0 Å². The molecule has 2 aromatic heterocycles. The van der Waals surface area contributed by atoms with Gasteiger partial charge in [0.25, 0.3) is 0 Å². The first-order valence-electron chi connectivity index (χ1n) is 22.2. The molecule has 2 heterocycles. The van der Waals surface area contributed by atoms with Crippen molar-refractivity contribution in [1.82, 2.24) is 4.57 Å². The molecular formula is C62H40N2O. The number of hydrogen-bond acceptors (Lipinski definition) is 2. The van der Waals surface area contributed by atoms with E-state index in [-0.39, 0.29) is 0 Å². The predicted octanol–water partition coefficient (Wildman–Crippen LogP) is 17.5. The third-order valence-corrected chi connectivity index (χ3v) is 13.2. The molecule has 0 atom stereocenters. The number of hydrogen-bond donors (Lipinski definition) is 0. The van der Waals surface area contributed by atoms with Gasteiger partial charge in [0.05, 0.1) is 11.0 Å². The standard InChI is InChI=1S/C62H40N2O/c1-2-17-52-43(12-1)26-27-44-32-37-51(40-57(44)52)63(50-16-10-15-47(39-50)53-21-11-25-61-62(53)56-20-5-8-24-60(56)65-61)48-33-28-41(29-34-48)45-13-9-14-46(38-45)42-30-35-49(36-31-42)64-58-22-6-3-18-54(58)55-19-4-7-23-59(55)64/h1-40H. The van der Waals surface area contributed by atoms with Crippen LogP contribution in [0.1, 0.15) is 0 Å². The van der Waals surface area contributed by atoms with Crippen LogP contribution in [0, 0.1) is 0 Å². The van der Waals surface area contributed by atoms with Gasteiger partial charge in [-0.3, -0.25) is 0 Å². The maximum atomic E-state index is 6.32. The third-order valence-electron chi connectivity index (χ3n) is 13.2. The first-order chi connectivity index (χ1) is 32.2. The van der Waals surface area contributed by atoms with Gasteiger partial charge in [0.2, 0.25) is 0 Å². The molecule has 0 unspecified atom stereocenters. The highest BCUT2D eigenvalue weighted by Gasteiger charge is 2.18. The lowest BCUT2D eigenvalue weighted by molar-refractivity contribution is 0.669. The zero-order valence-corrected chi connectivity index (χ0v) is 35.4. The molecule has 0 spiro atoms. The van der Waals surface area contributed by atoms with Crippen LogP contribution in [0.15, 0.2) is 247 Å². The van der Waals surface area contributed by atoms with Gasteiger partial charge in [-0.1, -0.05) is 164 Å². The molecule has 11 aromatic carbocycles. The van der Waals surface area contributed by atoms with E-state index in [9.17, 15) is 0 Å². The zero-order valence-electron chi connectivity index (χ0n) is 35.4. The van der Waals surface area contributed by atoms with E-state index < -0.39 is 0 Å². The average molecular weight is 829 g/mol. The molecule has 0 N–H and O–H groups in total. The minimum Gasteiger partial charge on any atom is -0.456 e. The molecule has 3 nitrogen and oxygen atoms in total. The summed E-state index contributed by atoms with van der Waals surface area (Å²) in [5.74, 6) is 0. The summed E-state index contributed by atoms with van der Waals surface area (Å²) in [5.41, 5.74) is 15.6. The third kappa shape index (κ3) is 6.20. The minimum atomic E-state index is 0.892. The summed E-state index contributed by atoms with van der Waals surface area (Å²) in [6.07, 6.45) is 0. The van der Waals surface area contributed by atoms with Crippen molar-refractivity contribution >= 4 is 82.4 Å². The first kappa shape index (κ1) is 36.9. The van der Waals surface area contributed by atoms with Gasteiger partial charge in [-0.15, -0.1) is 0 Å². The number of furan rings is 1. The van der Waals surface area contributed by atoms with E-state index in [1.165, 1.54) is 60.0 Å². The molecule has 0 amide bonds. The lowest BCUT2D eigenvalue weighted by Crippen LogP contribution is -2.10. The van der Waals surface area contributed by atoms with Gasteiger partial charge in [0.15, 0.2) is 0 Å². The van der Waals surface area contributed by atoms with Crippen molar-refractivity contribution in [3.8, 4) is 39.1 Å². The predicted molar refractivity (Wildman–Crippen MR) is 274 cm³/mol. The normalized spacial score (nSPS) is 11.7. The Hall–Kier alpha value is -8.66. The first-order valence-corrected chi connectivity index (χ1v) is 22.2. The van der Waals surface area contributed by atoms with E-state index in [2.05, 4.69) is 240 Å². The molecule has 13 rings (SSSR count). The van der Waals surface area contributed by atoms with Gasteiger partial charge >= 0.3 is 0 Å². The number of para-hydroxylation sites is 3. The summed E-state index contributed by atoms with van der Waals surface area (Å²) in [6.45, 7) is 0. The molecule has 65 heavy (non-hydrogen) atoms. The van der Waals surface area contributed by atoms with Crippen LogP contribution in [0.4, 0.5) is 17.1 Å². The number of benzene rings is 11. The van der Waals surface area contributed by atoms with Gasteiger partial charge in [-0.2, -0.15) is 0 Å². The summed E-state index contributed by atoms with van der Waals surface area (Å²) >= 11 is 0. The largest absolute Gasteiger partial charge is 0.456 e. The summed E-state index contributed by atoms with van der Waals surface area (Å²) in [7, 11) is 0. The molecule has 0 saturated heterocycles. The molecule has 0 aliphatic rings. The maximum absolute atomic E-state index is 6.32. The van der Waals surface area contributed by atoms with Gasteiger partial charge in [-0.25, -0.2) is 0 Å². The quantitative estimate of drug-likeness (QED) is 0.149. The molecule has 0 bridgehead atoms. The van der Waals surface area contributed by atoms with Crippen LogP contribution in [-0.4, -0.2) is 4.57 Å².